The molecule has 10 heteroatoms. The second-order valence-corrected chi connectivity index (χ2v) is 9.29. The lowest BCUT2D eigenvalue weighted by Crippen LogP contribution is -2.48. The Morgan fingerprint density at radius 3 is 2.31 bits per heavy atom. The van der Waals surface area contributed by atoms with Gasteiger partial charge in [-0.3, -0.25) is 0 Å². The topological polar surface area (TPSA) is 77.4 Å². The number of carbonyl (C=O) groups excluding carboxylic acids is 1. The van der Waals surface area contributed by atoms with E-state index >= 15 is 0 Å². The van der Waals surface area contributed by atoms with Gasteiger partial charge >= 0.3 is 12.1 Å². The second-order valence-electron chi connectivity index (χ2n) is 7.64. The van der Waals surface area contributed by atoms with Crippen molar-refractivity contribution in [1.82, 2.24) is 9.29 Å². The lowest BCUT2D eigenvalue weighted by atomic mass is 10.1. The average molecular weight is 468 g/mol. The Balaban J connectivity index is 2.00. The highest BCUT2D eigenvalue weighted by atomic mass is 32.2. The second kappa shape index (κ2) is 8.59. The lowest BCUT2D eigenvalue weighted by molar-refractivity contribution is -0.154. The number of alkyl halides is 3. The summed E-state index contributed by atoms with van der Waals surface area (Å²) in [6.07, 6.45) is -3.47. The molecule has 6 nitrogen and oxygen atoms in total. The Morgan fingerprint density at radius 2 is 1.75 bits per heavy atom. The first-order valence-electron chi connectivity index (χ1n) is 9.68. The van der Waals surface area contributed by atoms with Crippen LogP contribution in [0.25, 0.3) is 10.9 Å². The van der Waals surface area contributed by atoms with E-state index in [1.165, 1.54) is 36.1 Å². The molecule has 1 atom stereocenters. The molecule has 172 valence electrons. The van der Waals surface area contributed by atoms with Crippen molar-refractivity contribution < 1.29 is 31.1 Å². The number of methoxy groups -OCH3 is 1. The molecule has 0 amide bonds. The number of esters is 1. The van der Waals surface area contributed by atoms with Crippen LogP contribution >= 0.6 is 0 Å². The SMILES string of the molecule is COC(=O)c1cccc2c1ccn2CC(NS(=O)(=O)c1c(C)cc(C)cc1C)C(F)(F)F. The molecule has 32 heavy (non-hydrogen) atoms. The van der Waals surface area contributed by atoms with Gasteiger partial charge in [-0.15, -0.1) is 0 Å². The molecule has 1 unspecified atom stereocenters. The molecule has 0 fully saturated rings. The summed E-state index contributed by atoms with van der Waals surface area (Å²) >= 11 is 0. The highest BCUT2D eigenvalue weighted by molar-refractivity contribution is 7.89. The van der Waals surface area contributed by atoms with E-state index in [0.717, 1.165) is 5.56 Å². The van der Waals surface area contributed by atoms with Gasteiger partial charge in [-0.25, -0.2) is 13.2 Å². The van der Waals surface area contributed by atoms with E-state index in [4.69, 9.17) is 4.74 Å². The number of benzene rings is 2. The van der Waals surface area contributed by atoms with Crippen LogP contribution in [0.5, 0.6) is 0 Å². The zero-order valence-electron chi connectivity index (χ0n) is 17.9. The van der Waals surface area contributed by atoms with E-state index in [1.54, 1.807) is 39.0 Å². The van der Waals surface area contributed by atoms with Crippen molar-refractivity contribution in [3.05, 3.63) is 64.8 Å². The Bertz CT molecular complexity index is 1260. The third-order valence-corrected chi connectivity index (χ3v) is 6.94. The van der Waals surface area contributed by atoms with Crippen molar-refractivity contribution in [1.29, 1.82) is 0 Å². The number of nitrogens with zero attached hydrogens (tertiary/aromatic N) is 1. The van der Waals surface area contributed by atoms with Gasteiger partial charge in [0.15, 0.2) is 0 Å². The summed E-state index contributed by atoms with van der Waals surface area (Å²) in [7, 11) is -3.25. The van der Waals surface area contributed by atoms with Crippen LogP contribution in [0, 0.1) is 20.8 Å². The molecule has 0 aliphatic rings. The van der Waals surface area contributed by atoms with Gasteiger partial charge in [0.2, 0.25) is 10.0 Å². The van der Waals surface area contributed by atoms with E-state index in [2.05, 4.69) is 0 Å². The van der Waals surface area contributed by atoms with Crippen molar-refractivity contribution in [2.24, 2.45) is 0 Å². The molecule has 1 aromatic heterocycles. The normalized spacial score (nSPS) is 13.3. The molecule has 3 rings (SSSR count). The van der Waals surface area contributed by atoms with Crippen LogP contribution in [0.3, 0.4) is 0 Å². The molecule has 0 bridgehead atoms. The van der Waals surface area contributed by atoms with Gasteiger partial charge in [0, 0.05) is 23.6 Å². The highest BCUT2D eigenvalue weighted by Gasteiger charge is 2.43. The van der Waals surface area contributed by atoms with Gasteiger partial charge < -0.3 is 9.30 Å². The van der Waals surface area contributed by atoms with Crippen molar-refractivity contribution in [3.63, 3.8) is 0 Å². The maximum absolute atomic E-state index is 13.9. The minimum Gasteiger partial charge on any atom is -0.465 e. The van der Waals surface area contributed by atoms with E-state index < -0.39 is 34.8 Å². The molecule has 0 radical (unpaired) electrons. The molecule has 1 N–H and O–H groups in total. The van der Waals surface area contributed by atoms with Crippen molar-refractivity contribution >= 4 is 26.9 Å². The minimum absolute atomic E-state index is 0.164. The molecule has 0 aliphatic carbocycles. The summed E-state index contributed by atoms with van der Waals surface area (Å²) in [6, 6.07) is 6.92. The molecule has 0 saturated heterocycles. The Kier molecular flexibility index (Phi) is 6.39. The Hall–Kier alpha value is -2.85. The van der Waals surface area contributed by atoms with Gasteiger partial charge in [0.05, 0.1) is 17.6 Å². The smallest absolute Gasteiger partial charge is 0.406 e. The number of nitrogens with one attached hydrogen (secondary N) is 1. The first-order valence-corrected chi connectivity index (χ1v) is 11.2. The molecule has 3 aromatic rings. The zero-order valence-corrected chi connectivity index (χ0v) is 18.8. The number of hydrogen-bond donors (Lipinski definition) is 1. The molecule has 0 saturated carbocycles. The number of sulfonamides is 1. The zero-order chi connectivity index (χ0) is 23.8. The van der Waals surface area contributed by atoms with E-state index in [0.29, 0.717) is 22.0 Å². The summed E-state index contributed by atoms with van der Waals surface area (Å²) in [6.45, 7) is 4.17. The Morgan fingerprint density at radius 1 is 1.12 bits per heavy atom. The standard InChI is InChI=1S/C22H23F3N2O4S/c1-13-10-14(2)20(15(3)11-13)32(29,30)26-19(22(23,24)25)12-27-9-8-16-17(21(28)31-4)6-5-7-18(16)27/h5-11,19,26H,12H2,1-4H3. The number of ether oxygens (including phenoxy) is 1. The third-order valence-electron chi connectivity index (χ3n) is 5.16. The predicted octanol–water partition coefficient (Wildman–Crippen LogP) is 4.26. The molecule has 2 aromatic carbocycles. The fraction of sp³-hybridized carbons (Fsp3) is 0.318. The van der Waals surface area contributed by atoms with Gasteiger partial charge in [0.25, 0.3) is 0 Å². The summed E-state index contributed by atoms with van der Waals surface area (Å²) in [5.41, 5.74) is 2.10. The van der Waals surface area contributed by atoms with Crippen molar-refractivity contribution in [2.45, 2.75) is 44.4 Å². The van der Waals surface area contributed by atoms with Crippen LogP contribution in [0.2, 0.25) is 0 Å². The van der Waals surface area contributed by atoms with Crippen LogP contribution in [0.1, 0.15) is 27.0 Å². The maximum Gasteiger partial charge on any atom is 0.406 e. The van der Waals surface area contributed by atoms with Crippen molar-refractivity contribution in [3.8, 4) is 0 Å². The monoisotopic (exact) mass is 468 g/mol. The van der Waals surface area contributed by atoms with Crippen molar-refractivity contribution in [2.75, 3.05) is 7.11 Å². The number of aromatic nitrogens is 1. The number of rotatable bonds is 6. The van der Waals surface area contributed by atoms with E-state index in [-0.39, 0.29) is 10.5 Å². The fourth-order valence-corrected chi connectivity index (χ4v) is 5.58. The number of aryl methyl sites for hydroxylation is 3. The van der Waals surface area contributed by atoms with Crippen LogP contribution in [-0.4, -0.2) is 38.3 Å². The number of halogens is 3. The number of hydrogen-bond acceptors (Lipinski definition) is 4. The number of fused-ring (bicyclic) bond motifs is 1. The van der Waals surface area contributed by atoms with Crippen LogP contribution in [-0.2, 0) is 21.3 Å². The average Bonchev–Trinajstić information content (AvgIpc) is 3.08. The third kappa shape index (κ3) is 4.66. The predicted molar refractivity (Wildman–Crippen MR) is 114 cm³/mol. The summed E-state index contributed by atoms with van der Waals surface area (Å²) in [5, 5.41) is 0.411. The first kappa shape index (κ1) is 23.8. The van der Waals surface area contributed by atoms with Gasteiger partial charge in [-0.05, 0) is 50.1 Å². The Labute approximate surface area is 184 Å². The molecule has 0 spiro atoms. The van der Waals surface area contributed by atoms with E-state index in [9.17, 15) is 26.4 Å². The maximum atomic E-state index is 13.9. The molecular weight excluding hydrogens is 445 g/mol. The minimum atomic E-state index is -4.85. The summed E-state index contributed by atoms with van der Waals surface area (Å²) in [4.78, 5) is 11.8. The fourth-order valence-electron chi connectivity index (χ4n) is 3.91. The molecule has 1 heterocycles. The van der Waals surface area contributed by atoms with Gasteiger partial charge in [-0.1, -0.05) is 23.8 Å². The van der Waals surface area contributed by atoms with Crippen LogP contribution < -0.4 is 4.72 Å². The molecular formula is C22H23F3N2O4S. The lowest BCUT2D eigenvalue weighted by Gasteiger charge is -2.24. The molecule has 0 aliphatic heterocycles. The van der Waals surface area contributed by atoms with Crippen LogP contribution in [0.15, 0.2) is 47.5 Å². The first-order chi connectivity index (χ1) is 14.8. The van der Waals surface area contributed by atoms with E-state index in [1.807, 2.05) is 4.72 Å². The van der Waals surface area contributed by atoms with Crippen LogP contribution in [0.4, 0.5) is 13.2 Å². The number of carbonyl (C=O) groups is 1. The summed E-state index contributed by atoms with van der Waals surface area (Å²) in [5.74, 6) is -0.619. The van der Waals surface area contributed by atoms with Gasteiger partial charge in [0.1, 0.15) is 6.04 Å². The largest absolute Gasteiger partial charge is 0.465 e. The van der Waals surface area contributed by atoms with Gasteiger partial charge in [-0.2, -0.15) is 17.9 Å². The quantitative estimate of drug-likeness (QED) is 0.549. The highest BCUT2D eigenvalue weighted by Crippen LogP contribution is 2.28. The summed E-state index contributed by atoms with van der Waals surface area (Å²) < 4.78 is 75.3.